The second-order valence-electron chi connectivity index (χ2n) is 3.89. The molecule has 2 N–H and O–H groups in total. The van der Waals surface area contributed by atoms with Crippen LogP contribution in [0.15, 0.2) is 0 Å². The maximum absolute atomic E-state index is 11.1. The Kier molecular flexibility index (Phi) is 4.18. The number of nitrogens with one attached hydrogen (secondary N) is 2. The standard InChI is InChI=1S/C9H18N2O2/c1-7(2)6-13-11-9(12)5-10-8-3-4-8/h7-8,10H,3-6H2,1-2H3,(H,11,12). The lowest BCUT2D eigenvalue weighted by Crippen LogP contribution is -2.35. The fraction of sp³-hybridized carbons (Fsp3) is 0.889. The molecule has 4 nitrogen and oxygen atoms in total. The first-order chi connectivity index (χ1) is 6.18. The lowest BCUT2D eigenvalue weighted by atomic mass is 10.2. The number of hydrogen-bond acceptors (Lipinski definition) is 3. The van der Waals surface area contributed by atoms with Crippen LogP contribution in [0.2, 0.25) is 0 Å². The van der Waals surface area contributed by atoms with Crippen LogP contribution in [0.25, 0.3) is 0 Å². The second kappa shape index (κ2) is 5.19. The number of rotatable bonds is 6. The second-order valence-corrected chi connectivity index (χ2v) is 3.89. The summed E-state index contributed by atoms with van der Waals surface area (Å²) in [5, 5.41) is 3.10. The van der Waals surface area contributed by atoms with Gasteiger partial charge in [0.1, 0.15) is 0 Å². The molecule has 0 aromatic carbocycles. The Bertz CT molecular complexity index is 167. The predicted molar refractivity (Wildman–Crippen MR) is 50.0 cm³/mol. The normalized spacial score (nSPS) is 16.2. The summed E-state index contributed by atoms with van der Waals surface area (Å²) in [7, 11) is 0. The molecule has 0 saturated heterocycles. The number of amides is 1. The monoisotopic (exact) mass is 186 g/mol. The van der Waals surface area contributed by atoms with Crippen LogP contribution in [0.3, 0.4) is 0 Å². The maximum atomic E-state index is 11.1. The third-order valence-electron chi connectivity index (χ3n) is 1.73. The summed E-state index contributed by atoms with van der Waals surface area (Å²) < 4.78 is 0. The van der Waals surface area contributed by atoms with Gasteiger partial charge in [0.15, 0.2) is 0 Å². The minimum absolute atomic E-state index is 0.0902. The van der Waals surface area contributed by atoms with Crippen molar-refractivity contribution < 1.29 is 9.63 Å². The van der Waals surface area contributed by atoms with Crippen LogP contribution in [-0.4, -0.2) is 25.1 Å². The van der Waals surface area contributed by atoms with Crippen molar-refractivity contribution in [3.63, 3.8) is 0 Å². The Morgan fingerprint density at radius 2 is 2.23 bits per heavy atom. The molecule has 0 aromatic rings. The van der Waals surface area contributed by atoms with Gasteiger partial charge in [0.25, 0.3) is 5.91 Å². The first-order valence-electron chi connectivity index (χ1n) is 4.82. The predicted octanol–water partition coefficient (Wildman–Crippen LogP) is 0.442. The minimum atomic E-state index is -0.0902. The quantitative estimate of drug-likeness (QED) is 0.592. The summed E-state index contributed by atoms with van der Waals surface area (Å²) in [6.07, 6.45) is 2.39. The molecule has 0 aromatic heterocycles. The molecule has 0 bridgehead atoms. The molecule has 1 rings (SSSR count). The fourth-order valence-electron chi connectivity index (χ4n) is 0.849. The topological polar surface area (TPSA) is 50.4 Å². The summed E-state index contributed by atoms with van der Waals surface area (Å²) in [4.78, 5) is 16.0. The Morgan fingerprint density at radius 3 is 2.77 bits per heavy atom. The maximum Gasteiger partial charge on any atom is 0.257 e. The Balaban J connectivity index is 1.90. The highest BCUT2D eigenvalue weighted by Gasteiger charge is 2.20. The van der Waals surface area contributed by atoms with E-state index >= 15 is 0 Å². The van der Waals surface area contributed by atoms with Gasteiger partial charge in [-0.1, -0.05) is 13.8 Å². The molecule has 0 atom stereocenters. The van der Waals surface area contributed by atoms with Crippen molar-refractivity contribution in [2.45, 2.75) is 32.7 Å². The van der Waals surface area contributed by atoms with Crippen molar-refractivity contribution in [1.82, 2.24) is 10.8 Å². The van der Waals surface area contributed by atoms with E-state index in [1.807, 2.05) is 13.8 Å². The molecule has 0 aliphatic heterocycles. The van der Waals surface area contributed by atoms with Gasteiger partial charge in [0.05, 0.1) is 13.2 Å². The minimum Gasteiger partial charge on any atom is -0.306 e. The van der Waals surface area contributed by atoms with Gasteiger partial charge in [0.2, 0.25) is 0 Å². The Morgan fingerprint density at radius 1 is 1.54 bits per heavy atom. The smallest absolute Gasteiger partial charge is 0.257 e. The van der Waals surface area contributed by atoms with Gasteiger partial charge in [-0.3, -0.25) is 9.63 Å². The summed E-state index contributed by atoms with van der Waals surface area (Å²) in [6.45, 7) is 5.00. The van der Waals surface area contributed by atoms with Gasteiger partial charge < -0.3 is 5.32 Å². The van der Waals surface area contributed by atoms with E-state index in [4.69, 9.17) is 4.84 Å². The van der Waals surface area contributed by atoms with Crippen LogP contribution in [0.4, 0.5) is 0 Å². The molecule has 1 aliphatic carbocycles. The molecule has 4 heteroatoms. The molecule has 1 fully saturated rings. The zero-order valence-electron chi connectivity index (χ0n) is 8.30. The molecule has 0 heterocycles. The number of carbonyl (C=O) groups is 1. The number of hydrogen-bond donors (Lipinski definition) is 2. The van der Waals surface area contributed by atoms with Crippen LogP contribution in [0.5, 0.6) is 0 Å². The molecule has 1 amide bonds. The zero-order valence-corrected chi connectivity index (χ0v) is 8.30. The van der Waals surface area contributed by atoms with Gasteiger partial charge in [-0.15, -0.1) is 0 Å². The molecular formula is C9H18N2O2. The van der Waals surface area contributed by atoms with Crippen molar-refractivity contribution in [1.29, 1.82) is 0 Å². The van der Waals surface area contributed by atoms with E-state index in [9.17, 15) is 4.79 Å². The molecule has 0 unspecified atom stereocenters. The van der Waals surface area contributed by atoms with Gasteiger partial charge >= 0.3 is 0 Å². The molecule has 13 heavy (non-hydrogen) atoms. The summed E-state index contributed by atoms with van der Waals surface area (Å²) in [5.74, 6) is 0.351. The highest BCUT2D eigenvalue weighted by Crippen LogP contribution is 2.17. The molecule has 76 valence electrons. The summed E-state index contributed by atoms with van der Waals surface area (Å²) >= 11 is 0. The fourth-order valence-corrected chi connectivity index (χ4v) is 0.849. The summed E-state index contributed by atoms with van der Waals surface area (Å²) in [5.41, 5.74) is 2.40. The molecule has 1 saturated carbocycles. The van der Waals surface area contributed by atoms with Crippen molar-refractivity contribution >= 4 is 5.91 Å². The van der Waals surface area contributed by atoms with Crippen molar-refractivity contribution in [3.8, 4) is 0 Å². The summed E-state index contributed by atoms with van der Waals surface area (Å²) in [6, 6.07) is 0.566. The first-order valence-corrected chi connectivity index (χ1v) is 4.82. The van der Waals surface area contributed by atoms with Crippen molar-refractivity contribution in [2.75, 3.05) is 13.2 Å². The van der Waals surface area contributed by atoms with E-state index in [2.05, 4.69) is 10.8 Å². The average Bonchev–Trinajstić information content (AvgIpc) is 2.83. The Labute approximate surface area is 79.0 Å². The third-order valence-corrected chi connectivity index (χ3v) is 1.73. The van der Waals surface area contributed by atoms with E-state index in [-0.39, 0.29) is 5.91 Å². The average molecular weight is 186 g/mol. The van der Waals surface area contributed by atoms with E-state index < -0.39 is 0 Å². The molecular weight excluding hydrogens is 168 g/mol. The zero-order chi connectivity index (χ0) is 9.68. The SMILES string of the molecule is CC(C)CONC(=O)CNC1CC1. The van der Waals surface area contributed by atoms with E-state index in [1.165, 1.54) is 12.8 Å². The van der Waals surface area contributed by atoms with Crippen molar-refractivity contribution in [3.05, 3.63) is 0 Å². The number of hydroxylamine groups is 1. The van der Waals surface area contributed by atoms with Crippen LogP contribution in [0.1, 0.15) is 26.7 Å². The Hall–Kier alpha value is -0.610. The highest BCUT2D eigenvalue weighted by molar-refractivity contribution is 5.76. The van der Waals surface area contributed by atoms with E-state index in [0.29, 0.717) is 25.1 Å². The molecule has 0 spiro atoms. The third kappa shape index (κ3) is 5.60. The number of carbonyl (C=O) groups excluding carboxylic acids is 1. The van der Waals surface area contributed by atoms with Crippen LogP contribution < -0.4 is 10.8 Å². The van der Waals surface area contributed by atoms with Gasteiger partial charge in [-0.25, -0.2) is 5.48 Å². The van der Waals surface area contributed by atoms with Crippen LogP contribution >= 0.6 is 0 Å². The van der Waals surface area contributed by atoms with E-state index in [0.717, 1.165) is 0 Å². The molecule has 0 radical (unpaired) electrons. The lowest BCUT2D eigenvalue weighted by molar-refractivity contribution is -0.133. The van der Waals surface area contributed by atoms with Crippen molar-refractivity contribution in [2.24, 2.45) is 5.92 Å². The highest BCUT2D eigenvalue weighted by atomic mass is 16.6. The van der Waals surface area contributed by atoms with Crippen LogP contribution in [0, 0.1) is 5.92 Å². The van der Waals surface area contributed by atoms with Gasteiger partial charge in [0, 0.05) is 6.04 Å². The molecule has 1 aliphatic rings. The largest absolute Gasteiger partial charge is 0.306 e. The van der Waals surface area contributed by atoms with Gasteiger partial charge in [-0.2, -0.15) is 0 Å². The lowest BCUT2D eigenvalue weighted by Gasteiger charge is -2.07. The first kappa shape index (κ1) is 10.5. The van der Waals surface area contributed by atoms with E-state index in [1.54, 1.807) is 0 Å². The van der Waals surface area contributed by atoms with Gasteiger partial charge in [-0.05, 0) is 18.8 Å². The van der Waals surface area contributed by atoms with Crippen LogP contribution in [-0.2, 0) is 9.63 Å².